The van der Waals surface area contributed by atoms with E-state index in [0.29, 0.717) is 124 Å². The SMILES string of the molecule is CCN(CC)CCSCCOP(=O)(N(CCCl)CCCl)N(CCCl)CCCl.O=P(OCCSCCO)(N(CCCl)CCCl)N(CCCl)CCCl. The maximum absolute atomic E-state index is 13.8. The van der Waals surface area contributed by atoms with E-state index in [1.54, 1.807) is 30.4 Å². The third kappa shape index (κ3) is 24.0. The monoisotopic (exact) mass is 951 g/mol. The molecule has 0 aliphatic heterocycles. The maximum atomic E-state index is 13.8. The normalized spacial score (nSPS) is 12.6. The van der Waals surface area contributed by atoms with Crippen LogP contribution in [-0.4, -0.2) is 191 Å². The van der Waals surface area contributed by atoms with E-state index >= 15 is 0 Å². The second kappa shape index (κ2) is 37.7. The summed E-state index contributed by atoms with van der Waals surface area (Å²) in [5.41, 5.74) is 0. The molecule has 0 aliphatic rings. The molecule has 0 amide bonds. The number of nitrogens with zero attached hydrogens (tertiary/aromatic N) is 5. The number of halogens is 8. The van der Waals surface area contributed by atoms with Gasteiger partial charge in [-0.3, -0.25) is 9.13 Å². The summed E-state index contributed by atoms with van der Waals surface area (Å²) in [5.74, 6) is 5.71. The molecule has 0 bridgehead atoms. The van der Waals surface area contributed by atoms with Gasteiger partial charge in [0.15, 0.2) is 0 Å². The van der Waals surface area contributed by atoms with E-state index in [1.165, 1.54) is 11.8 Å². The molecule has 304 valence electrons. The van der Waals surface area contributed by atoms with Crippen LogP contribution in [0.3, 0.4) is 0 Å². The van der Waals surface area contributed by atoms with Crippen LogP contribution >= 0.6 is 132 Å². The van der Waals surface area contributed by atoms with Crippen molar-refractivity contribution in [3.63, 3.8) is 0 Å². The van der Waals surface area contributed by atoms with E-state index in [0.717, 1.165) is 31.1 Å². The lowest BCUT2D eigenvalue weighted by molar-refractivity contribution is 0.226. The zero-order valence-electron chi connectivity index (χ0n) is 29.4. The lowest BCUT2D eigenvalue weighted by Crippen LogP contribution is -2.37. The van der Waals surface area contributed by atoms with Gasteiger partial charge in [0.2, 0.25) is 0 Å². The van der Waals surface area contributed by atoms with E-state index in [-0.39, 0.29) is 6.61 Å². The average Bonchev–Trinajstić information content (AvgIpc) is 3.11. The Labute approximate surface area is 351 Å². The van der Waals surface area contributed by atoms with E-state index in [2.05, 4.69) is 18.7 Å². The zero-order chi connectivity index (χ0) is 38.1. The lowest BCUT2D eigenvalue weighted by atomic mass is 10.5. The van der Waals surface area contributed by atoms with E-state index in [9.17, 15) is 9.13 Å². The molecule has 22 heteroatoms. The molecular weight excluding hydrogens is 896 g/mol. The van der Waals surface area contributed by atoms with Crippen LogP contribution in [0.4, 0.5) is 0 Å². The summed E-state index contributed by atoms with van der Waals surface area (Å²) < 4.78 is 45.9. The van der Waals surface area contributed by atoms with Crippen LogP contribution in [0.1, 0.15) is 13.8 Å². The van der Waals surface area contributed by atoms with E-state index in [4.69, 9.17) is 107 Å². The Morgan fingerprint density at radius 1 is 0.480 bits per heavy atom. The molecule has 0 heterocycles. The third-order valence-electron chi connectivity index (χ3n) is 6.83. The Morgan fingerprint density at radius 3 is 1.00 bits per heavy atom. The van der Waals surface area contributed by atoms with Crippen molar-refractivity contribution in [2.75, 3.05) is 162 Å². The molecule has 0 saturated carbocycles. The molecule has 0 atom stereocenters. The molecule has 0 aromatic rings. The minimum Gasteiger partial charge on any atom is -0.396 e. The number of hydrogen-bond donors (Lipinski definition) is 1. The van der Waals surface area contributed by atoms with Crippen LogP contribution in [0.2, 0.25) is 0 Å². The molecule has 0 aliphatic carbocycles. The number of aliphatic hydroxyl groups is 1. The van der Waals surface area contributed by atoms with Crippen LogP contribution in [0.15, 0.2) is 0 Å². The number of aliphatic hydroxyl groups excluding tert-OH is 1. The van der Waals surface area contributed by atoms with Gasteiger partial charge in [0.25, 0.3) is 0 Å². The number of thioether (sulfide) groups is 2. The Bertz CT molecular complexity index is 799. The Hall–Kier alpha value is 3.16. The lowest BCUT2D eigenvalue weighted by Gasteiger charge is -2.37. The summed E-state index contributed by atoms with van der Waals surface area (Å²) in [4.78, 5) is 2.38. The summed E-state index contributed by atoms with van der Waals surface area (Å²) in [5, 5.41) is 8.79. The predicted octanol–water partition coefficient (Wildman–Crippen LogP) is 8.14. The minimum atomic E-state index is -3.30. The van der Waals surface area contributed by atoms with E-state index in [1.807, 2.05) is 0 Å². The molecular formula is C28H59Cl8N5O5P2S2. The summed E-state index contributed by atoms with van der Waals surface area (Å²) in [6.45, 7) is 11.6. The van der Waals surface area contributed by atoms with Gasteiger partial charge in [0.1, 0.15) is 0 Å². The highest BCUT2D eigenvalue weighted by Crippen LogP contribution is 2.55. The van der Waals surface area contributed by atoms with Gasteiger partial charge in [-0.05, 0) is 13.1 Å². The van der Waals surface area contributed by atoms with Gasteiger partial charge in [0, 0.05) is 129 Å². The second-order valence-electron chi connectivity index (χ2n) is 9.95. The molecule has 10 nitrogen and oxygen atoms in total. The Kier molecular flexibility index (Phi) is 41.7. The first-order chi connectivity index (χ1) is 24.1. The summed E-state index contributed by atoms with van der Waals surface area (Å²) in [6, 6.07) is 0. The van der Waals surface area contributed by atoms with Crippen molar-refractivity contribution >= 4 is 132 Å². The first-order valence-corrected chi connectivity index (χ1v) is 26.3. The van der Waals surface area contributed by atoms with Crippen LogP contribution in [0.25, 0.3) is 0 Å². The molecule has 50 heavy (non-hydrogen) atoms. The van der Waals surface area contributed by atoms with Gasteiger partial charge in [-0.25, -0.2) is 18.7 Å². The largest absolute Gasteiger partial charge is 0.396 e. The highest BCUT2D eigenvalue weighted by molar-refractivity contribution is 7.99. The van der Waals surface area contributed by atoms with Crippen molar-refractivity contribution in [2.24, 2.45) is 0 Å². The van der Waals surface area contributed by atoms with Crippen molar-refractivity contribution in [3.05, 3.63) is 0 Å². The minimum absolute atomic E-state index is 0.109. The van der Waals surface area contributed by atoms with Gasteiger partial charge in [-0.15, -0.1) is 92.8 Å². The molecule has 1 N–H and O–H groups in total. The van der Waals surface area contributed by atoms with Crippen molar-refractivity contribution < 1.29 is 23.3 Å². The average molecular weight is 956 g/mol. The standard InChI is InChI=1S/C16H34Cl4N3O2PS.C12H25Cl4N2O3PS/c1-3-21(4-2)13-15-27-16-14-25-26(24,22(9-5-17)10-6-18)23(11-7-19)12-8-20;13-1-5-17(6-2-14)22(20,18(7-3-15)8-4-16)21-10-12-23-11-9-19/h3-16H2,1-2H3;19H,1-12H2. The predicted molar refractivity (Wildman–Crippen MR) is 229 cm³/mol. The van der Waals surface area contributed by atoms with Crippen LogP contribution in [-0.2, 0) is 18.2 Å². The van der Waals surface area contributed by atoms with Gasteiger partial charge in [-0.1, -0.05) is 13.8 Å². The van der Waals surface area contributed by atoms with Gasteiger partial charge in [0.05, 0.1) is 19.8 Å². The van der Waals surface area contributed by atoms with Gasteiger partial charge >= 0.3 is 15.3 Å². The number of hydrogen-bond acceptors (Lipinski definition) is 8. The maximum Gasteiger partial charge on any atom is 0.346 e. The Morgan fingerprint density at radius 2 is 0.760 bits per heavy atom. The molecule has 0 aromatic carbocycles. The van der Waals surface area contributed by atoms with Crippen LogP contribution < -0.4 is 0 Å². The summed E-state index contributed by atoms with van der Waals surface area (Å²) in [7, 11) is -6.58. The quantitative estimate of drug-likeness (QED) is 0.0378. The molecule has 0 aromatic heterocycles. The number of rotatable bonds is 35. The topological polar surface area (TPSA) is 89.0 Å². The van der Waals surface area contributed by atoms with Crippen molar-refractivity contribution in [2.45, 2.75) is 13.8 Å². The van der Waals surface area contributed by atoms with E-state index < -0.39 is 15.3 Å². The van der Waals surface area contributed by atoms with Gasteiger partial charge in [-0.2, -0.15) is 23.5 Å². The third-order valence-corrected chi connectivity index (χ3v) is 15.5. The zero-order valence-corrected chi connectivity index (χ0v) is 38.9. The highest BCUT2D eigenvalue weighted by Gasteiger charge is 2.39. The number of alkyl halides is 8. The summed E-state index contributed by atoms with van der Waals surface area (Å²) >= 11 is 50.3. The molecule has 0 rings (SSSR count). The molecule has 0 saturated heterocycles. The van der Waals surface area contributed by atoms with Crippen molar-refractivity contribution in [1.82, 2.24) is 23.6 Å². The highest BCUT2D eigenvalue weighted by atomic mass is 35.5. The molecule has 0 spiro atoms. The van der Waals surface area contributed by atoms with Crippen molar-refractivity contribution in [3.8, 4) is 0 Å². The fourth-order valence-electron chi connectivity index (χ4n) is 4.36. The fourth-order valence-corrected chi connectivity index (χ4v) is 13.4. The first kappa shape index (κ1) is 55.3. The summed E-state index contributed by atoms with van der Waals surface area (Å²) in [6.07, 6.45) is 0. The second-order valence-corrected chi connectivity index (χ2v) is 20.2. The van der Waals surface area contributed by atoms with Crippen LogP contribution in [0, 0.1) is 0 Å². The van der Waals surface area contributed by atoms with Crippen LogP contribution in [0.5, 0.6) is 0 Å². The molecule has 0 fully saturated rings. The van der Waals surface area contributed by atoms with Crippen molar-refractivity contribution in [1.29, 1.82) is 0 Å². The molecule has 0 unspecified atom stereocenters. The first-order valence-electron chi connectivity index (χ1n) is 16.6. The molecule has 0 radical (unpaired) electrons. The smallest absolute Gasteiger partial charge is 0.346 e. The fraction of sp³-hybridized carbons (Fsp3) is 1.00. The Balaban J connectivity index is 0. The van der Waals surface area contributed by atoms with Gasteiger partial charge < -0.3 is 19.1 Å².